The van der Waals surface area contributed by atoms with E-state index in [0.717, 1.165) is 11.1 Å². The van der Waals surface area contributed by atoms with Gasteiger partial charge < -0.3 is 10.0 Å². The molecule has 0 atom stereocenters. The highest BCUT2D eigenvalue weighted by molar-refractivity contribution is 5.94. The predicted molar refractivity (Wildman–Crippen MR) is 67.8 cm³/mol. The van der Waals surface area contributed by atoms with E-state index in [1.54, 1.807) is 24.1 Å². The van der Waals surface area contributed by atoms with Gasteiger partial charge in [-0.25, -0.2) is 0 Å². The van der Waals surface area contributed by atoms with Gasteiger partial charge in [0.2, 0.25) is 0 Å². The van der Waals surface area contributed by atoms with Gasteiger partial charge in [-0.1, -0.05) is 17.9 Å². The van der Waals surface area contributed by atoms with Crippen molar-refractivity contribution in [1.29, 1.82) is 0 Å². The molecule has 0 aliphatic carbocycles. The molecule has 0 unspecified atom stereocenters. The molecule has 0 saturated heterocycles. The van der Waals surface area contributed by atoms with Crippen LogP contribution in [0.4, 0.5) is 0 Å². The highest BCUT2D eigenvalue weighted by Crippen LogP contribution is 2.11. The van der Waals surface area contributed by atoms with E-state index in [1.807, 2.05) is 19.9 Å². The number of amides is 1. The van der Waals surface area contributed by atoms with E-state index >= 15 is 0 Å². The Kier molecular flexibility index (Phi) is 4.74. The molecule has 0 fully saturated rings. The zero-order valence-electron chi connectivity index (χ0n) is 10.4. The summed E-state index contributed by atoms with van der Waals surface area (Å²) in [6, 6.07) is 5.44. The van der Waals surface area contributed by atoms with Gasteiger partial charge in [0, 0.05) is 24.7 Å². The maximum Gasteiger partial charge on any atom is 0.253 e. The van der Waals surface area contributed by atoms with Crippen molar-refractivity contribution in [1.82, 2.24) is 4.90 Å². The van der Waals surface area contributed by atoms with Crippen LogP contribution in [0.2, 0.25) is 0 Å². The van der Waals surface area contributed by atoms with Crippen LogP contribution in [-0.2, 0) is 0 Å². The average Bonchev–Trinajstić information content (AvgIpc) is 2.36. The van der Waals surface area contributed by atoms with Crippen molar-refractivity contribution >= 4 is 5.91 Å². The summed E-state index contributed by atoms with van der Waals surface area (Å²) < 4.78 is 0. The van der Waals surface area contributed by atoms with Crippen LogP contribution >= 0.6 is 0 Å². The number of aliphatic hydroxyl groups is 1. The van der Waals surface area contributed by atoms with E-state index in [-0.39, 0.29) is 12.5 Å². The van der Waals surface area contributed by atoms with E-state index in [2.05, 4.69) is 11.8 Å². The lowest BCUT2D eigenvalue weighted by Gasteiger charge is -2.14. The monoisotopic (exact) mass is 231 g/mol. The predicted octanol–water partition coefficient (Wildman–Crippen LogP) is 1.43. The number of hydrogen-bond acceptors (Lipinski definition) is 2. The summed E-state index contributed by atoms with van der Waals surface area (Å²) in [6.07, 6.45) is 0. The molecule has 0 aromatic heterocycles. The third-order valence-electron chi connectivity index (χ3n) is 2.61. The fourth-order valence-electron chi connectivity index (χ4n) is 1.39. The summed E-state index contributed by atoms with van der Waals surface area (Å²) in [4.78, 5) is 13.6. The Balaban J connectivity index is 3.08. The van der Waals surface area contributed by atoms with Crippen LogP contribution < -0.4 is 0 Å². The normalized spacial score (nSPS) is 9.41. The second kappa shape index (κ2) is 6.07. The van der Waals surface area contributed by atoms with Gasteiger partial charge in [-0.15, -0.1) is 0 Å². The minimum absolute atomic E-state index is 0.0143. The number of aliphatic hydroxyl groups excluding tert-OH is 1. The third-order valence-corrected chi connectivity index (χ3v) is 2.61. The van der Waals surface area contributed by atoms with E-state index in [0.29, 0.717) is 12.1 Å². The lowest BCUT2D eigenvalue weighted by molar-refractivity contribution is 0.0802. The molecule has 1 aromatic rings. The molecule has 3 heteroatoms. The molecule has 0 bridgehead atoms. The minimum Gasteiger partial charge on any atom is -0.384 e. The Morgan fingerprint density at radius 2 is 2.18 bits per heavy atom. The molecule has 0 aliphatic rings. The number of aryl methyl sites for hydroxylation is 1. The van der Waals surface area contributed by atoms with Crippen LogP contribution in [-0.4, -0.2) is 36.1 Å². The smallest absolute Gasteiger partial charge is 0.253 e. The number of benzene rings is 1. The SMILES string of the molecule is CCN(C)C(=O)c1ccc(C)c(C#CCO)c1. The zero-order valence-corrected chi connectivity index (χ0v) is 10.4. The molecule has 0 radical (unpaired) electrons. The fourth-order valence-corrected chi connectivity index (χ4v) is 1.39. The summed E-state index contributed by atoms with van der Waals surface area (Å²) in [7, 11) is 1.77. The van der Waals surface area contributed by atoms with Crippen LogP contribution in [0.5, 0.6) is 0 Å². The first-order chi connectivity index (χ1) is 8.10. The van der Waals surface area contributed by atoms with Crippen molar-refractivity contribution in [2.24, 2.45) is 0 Å². The Bertz CT molecular complexity index is 469. The average molecular weight is 231 g/mol. The number of nitrogens with zero attached hydrogens (tertiary/aromatic N) is 1. The highest BCUT2D eigenvalue weighted by atomic mass is 16.2. The molecule has 1 amide bonds. The van der Waals surface area contributed by atoms with E-state index in [4.69, 9.17) is 5.11 Å². The van der Waals surface area contributed by atoms with Crippen LogP contribution in [0.25, 0.3) is 0 Å². The molecule has 3 nitrogen and oxygen atoms in total. The number of carbonyl (C=O) groups is 1. The molecule has 0 aliphatic heterocycles. The first-order valence-corrected chi connectivity index (χ1v) is 5.56. The lowest BCUT2D eigenvalue weighted by Crippen LogP contribution is -2.26. The van der Waals surface area contributed by atoms with Crippen molar-refractivity contribution in [3.05, 3.63) is 34.9 Å². The van der Waals surface area contributed by atoms with Gasteiger partial charge in [-0.05, 0) is 31.5 Å². The number of carbonyl (C=O) groups excluding carboxylic acids is 1. The summed E-state index contributed by atoms with van der Waals surface area (Å²) in [5.74, 6) is 5.43. The molecule has 1 N–H and O–H groups in total. The standard InChI is InChI=1S/C14H17NO2/c1-4-15(3)14(17)13-8-7-11(2)12(10-13)6-5-9-16/h7-8,10,16H,4,9H2,1-3H3. The first kappa shape index (κ1) is 13.3. The van der Waals surface area contributed by atoms with E-state index < -0.39 is 0 Å². The topological polar surface area (TPSA) is 40.5 Å². The van der Waals surface area contributed by atoms with Gasteiger partial charge in [-0.3, -0.25) is 4.79 Å². The number of hydrogen-bond donors (Lipinski definition) is 1. The van der Waals surface area contributed by atoms with Crippen molar-refractivity contribution < 1.29 is 9.90 Å². The number of rotatable bonds is 2. The molecule has 1 aromatic carbocycles. The lowest BCUT2D eigenvalue weighted by atomic mass is 10.0. The van der Waals surface area contributed by atoms with E-state index in [1.165, 1.54) is 0 Å². The molecule has 0 heterocycles. The maximum absolute atomic E-state index is 11.9. The Hall–Kier alpha value is -1.79. The van der Waals surface area contributed by atoms with Gasteiger partial charge in [-0.2, -0.15) is 0 Å². The Morgan fingerprint density at radius 1 is 1.47 bits per heavy atom. The minimum atomic E-state index is -0.174. The van der Waals surface area contributed by atoms with Gasteiger partial charge >= 0.3 is 0 Å². The quantitative estimate of drug-likeness (QED) is 0.782. The zero-order chi connectivity index (χ0) is 12.8. The van der Waals surface area contributed by atoms with Gasteiger partial charge in [0.15, 0.2) is 0 Å². The van der Waals surface area contributed by atoms with Gasteiger partial charge in [0.1, 0.15) is 6.61 Å². The first-order valence-electron chi connectivity index (χ1n) is 5.56. The second-order valence-electron chi connectivity index (χ2n) is 3.81. The van der Waals surface area contributed by atoms with Crippen molar-refractivity contribution in [2.45, 2.75) is 13.8 Å². The van der Waals surface area contributed by atoms with Gasteiger partial charge in [0.05, 0.1) is 0 Å². The molecule has 0 saturated carbocycles. The fraction of sp³-hybridized carbons (Fsp3) is 0.357. The maximum atomic E-state index is 11.9. The molecule has 17 heavy (non-hydrogen) atoms. The highest BCUT2D eigenvalue weighted by Gasteiger charge is 2.10. The molecule has 0 spiro atoms. The van der Waals surface area contributed by atoms with Crippen molar-refractivity contribution in [2.75, 3.05) is 20.2 Å². The van der Waals surface area contributed by atoms with Crippen molar-refractivity contribution in [3.8, 4) is 11.8 Å². The Morgan fingerprint density at radius 3 is 2.76 bits per heavy atom. The molecular weight excluding hydrogens is 214 g/mol. The van der Waals surface area contributed by atoms with E-state index in [9.17, 15) is 4.79 Å². The van der Waals surface area contributed by atoms with Crippen LogP contribution in [0.3, 0.4) is 0 Å². The largest absolute Gasteiger partial charge is 0.384 e. The second-order valence-corrected chi connectivity index (χ2v) is 3.81. The third kappa shape index (κ3) is 3.33. The molecule has 1 rings (SSSR count). The van der Waals surface area contributed by atoms with Crippen LogP contribution in [0.1, 0.15) is 28.4 Å². The molecule has 90 valence electrons. The van der Waals surface area contributed by atoms with Gasteiger partial charge in [0.25, 0.3) is 5.91 Å². The molecular formula is C14H17NO2. The summed E-state index contributed by atoms with van der Waals surface area (Å²) in [5.41, 5.74) is 2.42. The Labute approximate surface area is 102 Å². The van der Waals surface area contributed by atoms with Crippen molar-refractivity contribution in [3.63, 3.8) is 0 Å². The van der Waals surface area contributed by atoms with Crippen LogP contribution in [0, 0.1) is 18.8 Å². The summed E-state index contributed by atoms with van der Waals surface area (Å²) in [6.45, 7) is 4.36. The summed E-state index contributed by atoms with van der Waals surface area (Å²) in [5, 5.41) is 8.67. The summed E-state index contributed by atoms with van der Waals surface area (Å²) >= 11 is 0. The van der Waals surface area contributed by atoms with Crippen LogP contribution in [0.15, 0.2) is 18.2 Å².